The van der Waals surface area contributed by atoms with Gasteiger partial charge in [-0.15, -0.1) is 0 Å². The van der Waals surface area contributed by atoms with Crippen molar-refractivity contribution in [1.29, 1.82) is 0 Å². The van der Waals surface area contributed by atoms with E-state index in [1.807, 2.05) is 48.3 Å². The zero-order chi connectivity index (χ0) is 13.0. The molecule has 1 aromatic rings. The van der Waals surface area contributed by atoms with Gasteiger partial charge in [0.2, 0.25) is 5.91 Å². The number of amides is 1. The number of likely N-dealkylation sites (N-methyl/N-ethyl adjacent to an activating group) is 1. The maximum atomic E-state index is 12.0. The Morgan fingerprint density at radius 1 is 1.56 bits per heavy atom. The lowest BCUT2D eigenvalue weighted by molar-refractivity contribution is -0.126. The molecule has 18 heavy (non-hydrogen) atoms. The number of fused-ring (bicyclic) bond motifs is 1. The van der Waals surface area contributed by atoms with Gasteiger partial charge in [0.15, 0.2) is 0 Å². The normalized spacial score (nSPS) is 15.2. The number of hydrogen-bond donors (Lipinski definition) is 0. The molecule has 4 heteroatoms. The van der Waals surface area contributed by atoms with Gasteiger partial charge in [-0.05, 0) is 25.7 Å². The second-order valence-electron chi connectivity index (χ2n) is 4.78. The van der Waals surface area contributed by atoms with Crippen LogP contribution in [-0.2, 0) is 17.8 Å². The predicted molar refractivity (Wildman–Crippen MR) is 71.1 cm³/mol. The van der Waals surface area contributed by atoms with Gasteiger partial charge in [-0.1, -0.05) is 12.1 Å². The molecular formula is C14H19N3O. The average molecular weight is 245 g/mol. The molecule has 1 amide bonds. The minimum Gasteiger partial charge on any atom is -0.334 e. The average Bonchev–Trinajstić information content (AvgIpc) is 2.37. The smallest absolute Gasteiger partial charge is 0.246 e. The molecule has 0 spiro atoms. The number of carbonyl (C=O) groups is 1. The number of aromatic nitrogens is 1. The lowest BCUT2D eigenvalue weighted by Crippen LogP contribution is -2.35. The maximum absolute atomic E-state index is 12.0. The van der Waals surface area contributed by atoms with Gasteiger partial charge < -0.3 is 9.80 Å². The monoisotopic (exact) mass is 245 g/mol. The van der Waals surface area contributed by atoms with E-state index in [1.165, 1.54) is 0 Å². The van der Waals surface area contributed by atoms with Crippen molar-refractivity contribution in [3.8, 4) is 0 Å². The molecule has 0 aliphatic carbocycles. The first-order chi connectivity index (χ1) is 8.66. The lowest BCUT2D eigenvalue weighted by atomic mass is 10.1. The van der Waals surface area contributed by atoms with E-state index in [0.29, 0.717) is 6.54 Å². The van der Waals surface area contributed by atoms with Crippen LogP contribution in [0.4, 0.5) is 0 Å². The highest BCUT2D eigenvalue weighted by molar-refractivity contribution is 5.87. The third kappa shape index (κ3) is 3.17. The van der Waals surface area contributed by atoms with E-state index in [9.17, 15) is 4.79 Å². The third-order valence-corrected chi connectivity index (χ3v) is 3.01. The van der Waals surface area contributed by atoms with E-state index in [4.69, 9.17) is 0 Å². The maximum Gasteiger partial charge on any atom is 0.246 e. The van der Waals surface area contributed by atoms with Crippen LogP contribution in [0, 0.1) is 0 Å². The SMILES string of the molecule is CN(C)CC=CC(=O)N1CCc2ncccc2C1. The highest BCUT2D eigenvalue weighted by Gasteiger charge is 2.19. The Kier molecular flexibility index (Phi) is 4.10. The highest BCUT2D eigenvalue weighted by Crippen LogP contribution is 2.16. The minimum absolute atomic E-state index is 0.0892. The molecular weight excluding hydrogens is 226 g/mol. The molecule has 1 aromatic heterocycles. The molecule has 0 radical (unpaired) electrons. The summed E-state index contributed by atoms with van der Waals surface area (Å²) in [5.74, 6) is 0.0892. The lowest BCUT2D eigenvalue weighted by Gasteiger charge is -2.27. The molecule has 2 heterocycles. The van der Waals surface area contributed by atoms with E-state index >= 15 is 0 Å². The molecule has 0 aromatic carbocycles. The molecule has 96 valence electrons. The second kappa shape index (κ2) is 5.78. The molecule has 4 nitrogen and oxygen atoms in total. The van der Waals surface area contributed by atoms with Crippen LogP contribution in [0.2, 0.25) is 0 Å². The van der Waals surface area contributed by atoms with Gasteiger partial charge >= 0.3 is 0 Å². The molecule has 0 atom stereocenters. The first kappa shape index (κ1) is 12.8. The van der Waals surface area contributed by atoms with Crippen molar-refractivity contribution in [3.63, 3.8) is 0 Å². The molecule has 0 N–H and O–H groups in total. The van der Waals surface area contributed by atoms with Gasteiger partial charge in [-0.3, -0.25) is 9.78 Å². The van der Waals surface area contributed by atoms with Gasteiger partial charge in [0.1, 0.15) is 0 Å². The first-order valence-corrected chi connectivity index (χ1v) is 6.20. The van der Waals surface area contributed by atoms with Gasteiger partial charge in [-0.2, -0.15) is 0 Å². The molecule has 1 aliphatic rings. The minimum atomic E-state index is 0.0892. The van der Waals surface area contributed by atoms with Crippen molar-refractivity contribution in [1.82, 2.24) is 14.8 Å². The van der Waals surface area contributed by atoms with Crippen LogP contribution in [0.1, 0.15) is 11.3 Å². The van der Waals surface area contributed by atoms with Crippen LogP contribution in [0.15, 0.2) is 30.5 Å². The molecule has 0 fully saturated rings. The summed E-state index contributed by atoms with van der Waals surface area (Å²) in [5, 5.41) is 0. The van der Waals surface area contributed by atoms with Crippen LogP contribution < -0.4 is 0 Å². The summed E-state index contributed by atoms with van der Waals surface area (Å²) >= 11 is 0. The number of nitrogens with zero attached hydrogens (tertiary/aromatic N) is 3. The van der Waals surface area contributed by atoms with Crippen LogP contribution in [-0.4, -0.2) is 47.9 Å². The Hall–Kier alpha value is -1.68. The number of hydrogen-bond acceptors (Lipinski definition) is 3. The van der Waals surface area contributed by atoms with E-state index in [2.05, 4.69) is 4.98 Å². The molecule has 0 saturated carbocycles. The zero-order valence-electron chi connectivity index (χ0n) is 11.0. The molecule has 0 saturated heterocycles. The largest absolute Gasteiger partial charge is 0.334 e. The van der Waals surface area contributed by atoms with Crippen LogP contribution in [0.5, 0.6) is 0 Å². The fourth-order valence-corrected chi connectivity index (χ4v) is 2.02. The summed E-state index contributed by atoms with van der Waals surface area (Å²) in [6.07, 6.45) is 6.24. The van der Waals surface area contributed by atoms with Crippen molar-refractivity contribution in [2.75, 3.05) is 27.2 Å². The summed E-state index contributed by atoms with van der Waals surface area (Å²) in [4.78, 5) is 20.2. The van der Waals surface area contributed by atoms with E-state index in [-0.39, 0.29) is 5.91 Å². The van der Waals surface area contributed by atoms with Gasteiger partial charge in [0.05, 0.1) is 0 Å². The van der Waals surface area contributed by atoms with Gasteiger partial charge in [0, 0.05) is 44.0 Å². The van der Waals surface area contributed by atoms with Crippen LogP contribution >= 0.6 is 0 Å². The predicted octanol–water partition coefficient (Wildman–Crippen LogP) is 1.08. The molecule has 1 aliphatic heterocycles. The fourth-order valence-electron chi connectivity index (χ4n) is 2.02. The summed E-state index contributed by atoms with van der Waals surface area (Å²) < 4.78 is 0. The number of pyridine rings is 1. The Labute approximate surface area is 108 Å². The Balaban J connectivity index is 1.96. The van der Waals surface area contributed by atoms with Crippen LogP contribution in [0.3, 0.4) is 0 Å². The van der Waals surface area contributed by atoms with Crippen molar-refractivity contribution in [2.24, 2.45) is 0 Å². The summed E-state index contributed by atoms with van der Waals surface area (Å²) in [5.41, 5.74) is 2.29. The van der Waals surface area contributed by atoms with E-state index in [0.717, 1.165) is 30.8 Å². The van der Waals surface area contributed by atoms with Crippen molar-refractivity contribution in [3.05, 3.63) is 41.7 Å². The standard InChI is InChI=1S/C14H19N3O/c1-16(2)9-4-6-14(18)17-10-7-13-12(11-17)5-3-8-15-13/h3-6,8H,7,9-11H2,1-2H3. The van der Waals surface area contributed by atoms with E-state index in [1.54, 1.807) is 6.08 Å². The van der Waals surface area contributed by atoms with Crippen LogP contribution in [0.25, 0.3) is 0 Å². The summed E-state index contributed by atoms with van der Waals surface area (Å²) in [6.45, 7) is 2.22. The van der Waals surface area contributed by atoms with Crippen molar-refractivity contribution in [2.45, 2.75) is 13.0 Å². The third-order valence-electron chi connectivity index (χ3n) is 3.01. The first-order valence-electron chi connectivity index (χ1n) is 6.20. The quantitative estimate of drug-likeness (QED) is 0.748. The Morgan fingerprint density at radius 3 is 3.17 bits per heavy atom. The number of rotatable bonds is 3. The van der Waals surface area contributed by atoms with Gasteiger partial charge in [-0.25, -0.2) is 0 Å². The summed E-state index contributed by atoms with van der Waals surface area (Å²) in [7, 11) is 3.97. The topological polar surface area (TPSA) is 36.4 Å². The Morgan fingerprint density at radius 2 is 2.39 bits per heavy atom. The van der Waals surface area contributed by atoms with Crippen molar-refractivity contribution >= 4 is 5.91 Å². The summed E-state index contributed by atoms with van der Waals surface area (Å²) in [6, 6.07) is 3.97. The molecule has 0 bridgehead atoms. The zero-order valence-corrected chi connectivity index (χ0v) is 11.0. The Bertz CT molecular complexity index is 454. The van der Waals surface area contributed by atoms with Gasteiger partial charge in [0.25, 0.3) is 0 Å². The van der Waals surface area contributed by atoms with E-state index < -0.39 is 0 Å². The molecule has 0 unspecified atom stereocenters. The van der Waals surface area contributed by atoms with Crippen molar-refractivity contribution < 1.29 is 4.79 Å². The number of carbonyl (C=O) groups excluding carboxylic acids is 1. The second-order valence-corrected chi connectivity index (χ2v) is 4.78. The molecule has 2 rings (SSSR count). The highest BCUT2D eigenvalue weighted by atomic mass is 16.2. The fraction of sp³-hybridized carbons (Fsp3) is 0.429.